The zero-order valence-electron chi connectivity index (χ0n) is 11.4. The number of aliphatic hydroxyl groups is 1. The molecule has 1 aliphatic heterocycles. The van der Waals surface area contributed by atoms with Crippen molar-refractivity contribution in [1.82, 2.24) is 9.80 Å². The molecular formula is C14H28N2O. The molecule has 0 bridgehead atoms. The average molecular weight is 240 g/mol. The molecule has 1 saturated carbocycles. The van der Waals surface area contributed by atoms with Crippen molar-refractivity contribution in [3.63, 3.8) is 0 Å². The molecule has 0 radical (unpaired) electrons. The normalized spacial score (nSPS) is 35.6. The van der Waals surface area contributed by atoms with E-state index in [2.05, 4.69) is 23.8 Å². The molecule has 3 nitrogen and oxygen atoms in total. The number of aliphatic hydroxyl groups excluding tert-OH is 1. The van der Waals surface area contributed by atoms with Crippen LogP contribution in [0.1, 0.15) is 45.4 Å². The minimum absolute atomic E-state index is 0.0537. The van der Waals surface area contributed by atoms with Crippen molar-refractivity contribution in [3.8, 4) is 0 Å². The molecule has 3 heteroatoms. The SMILES string of the molecule is CCN1CCCC1CN(C)C1CCCC(O)C1. The first kappa shape index (κ1) is 13.3. The van der Waals surface area contributed by atoms with Gasteiger partial charge in [-0.1, -0.05) is 6.92 Å². The van der Waals surface area contributed by atoms with Crippen molar-refractivity contribution >= 4 is 0 Å². The van der Waals surface area contributed by atoms with Gasteiger partial charge in [0.2, 0.25) is 0 Å². The Balaban J connectivity index is 1.81. The van der Waals surface area contributed by atoms with Crippen molar-refractivity contribution in [3.05, 3.63) is 0 Å². The summed E-state index contributed by atoms with van der Waals surface area (Å²) in [5.74, 6) is 0. The van der Waals surface area contributed by atoms with Crippen molar-refractivity contribution in [2.24, 2.45) is 0 Å². The molecule has 1 N–H and O–H groups in total. The lowest BCUT2D eigenvalue weighted by Gasteiger charge is -2.36. The summed E-state index contributed by atoms with van der Waals surface area (Å²) in [6.45, 7) is 5.92. The van der Waals surface area contributed by atoms with E-state index in [1.165, 1.54) is 45.3 Å². The Hall–Kier alpha value is -0.120. The molecule has 0 aromatic heterocycles. The van der Waals surface area contributed by atoms with E-state index >= 15 is 0 Å². The summed E-state index contributed by atoms with van der Waals surface area (Å²) in [6.07, 6.45) is 7.12. The lowest BCUT2D eigenvalue weighted by molar-refractivity contribution is 0.0623. The molecule has 100 valence electrons. The molecule has 0 aromatic rings. The fourth-order valence-electron chi connectivity index (χ4n) is 3.54. The maximum Gasteiger partial charge on any atom is 0.0555 e. The third-order valence-electron chi connectivity index (χ3n) is 4.65. The number of hydrogen-bond donors (Lipinski definition) is 1. The maximum absolute atomic E-state index is 9.75. The summed E-state index contributed by atoms with van der Waals surface area (Å²) in [5.41, 5.74) is 0. The first-order valence-corrected chi connectivity index (χ1v) is 7.33. The fraction of sp³-hybridized carbons (Fsp3) is 1.00. The van der Waals surface area contributed by atoms with Crippen molar-refractivity contribution < 1.29 is 5.11 Å². The largest absolute Gasteiger partial charge is 0.393 e. The highest BCUT2D eigenvalue weighted by molar-refractivity contribution is 4.85. The average Bonchev–Trinajstić information content (AvgIpc) is 2.76. The summed E-state index contributed by atoms with van der Waals surface area (Å²) in [4.78, 5) is 5.11. The van der Waals surface area contributed by atoms with Crippen molar-refractivity contribution in [2.45, 2.75) is 63.6 Å². The van der Waals surface area contributed by atoms with Gasteiger partial charge in [0.05, 0.1) is 6.10 Å². The van der Waals surface area contributed by atoms with E-state index in [1.54, 1.807) is 0 Å². The van der Waals surface area contributed by atoms with Crippen LogP contribution in [0.2, 0.25) is 0 Å². The molecule has 2 rings (SSSR count). The zero-order valence-corrected chi connectivity index (χ0v) is 11.4. The van der Waals surface area contributed by atoms with Crippen LogP contribution in [-0.4, -0.2) is 59.8 Å². The molecule has 17 heavy (non-hydrogen) atoms. The van der Waals surface area contributed by atoms with Crippen LogP contribution in [-0.2, 0) is 0 Å². The van der Waals surface area contributed by atoms with Gasteiger partial charge in [-0.2, -0.15) is 0 Å². The molecule has 2 aliphatic rings. The predicted octanol–water partition coefficient (Wildman–Crippen LogP) is 1.71. The Labute approximate surface area is 106 Å². The molecule has 1 saturated heterocycles. The standard InChI is InChI=1S/C14H28N2O/c1-3-16-9-5-7-13(16)11-15(2)12-6-4-8-14(17)10-12/h12-14,17H,3-11H2,1-2H3. The first-order chi connectivity index (χ1) is 8.20. The van der Waals surface area contributed by atoms with E-state index in [4.69, 9.17) is 0 Å². The Morgan fingerprint density at radius 1 is 1.24 bits per heavy atom. The minimum Gasteiger partial charge on any atom is -0.393 e. The van der Waals surface area contributed by atoms with Crippen molar-refractivity contribution in [1.29, 1.82) is 0 Å². The Kier molecular flexibility index (Phi) is 4.83. The van der Waals surface area contributed by atoms with E-state index in [9.17, 15) is 5.11 Å². The van der Waals surface area contributed by atoms with E-state index in [1.807, 2.05) is 0 Å². The summed E-state index contributed by atoms with van der Waals surface area (Å²) in [6, 6.07) is 1.36. The van der Waals surface area contributed by atoms with Crippen LogP contribution in [0.5, 0.6) is 0 Å². The van der Waals surface area contributed by atoms with Crippen LogP contribution in [0.3, 0.4) is 0 Å². The Bertz CT molecular complexity index is 234. The highest BCUT2D eigenvalue weighted by Gasteiger charge is 2.28. The van der Waals surface area contributed by atoms with E-state index in [-0.39, 0.29) is 6.10 Å². The lowest BCUT2D eigenvalue weighted by atomic mass is 9.92. The van der Waals surface area contributed by atoms with E-state index in [0.29, 0.717) is 6.04 Å². The molecule has 1 heterocycles. The van der Waals surface area contributed by atoms with Gasteiger partial charge in [-0.3, -0.25) is 4.90 Å². The predicted molar refractivity (Wildman–Crippen MR) is 71.2 cm³/mol. The molecular weight excluding hydrogens is 212 g/mol. The molecule has 1 aliphatic carbocycles. The number of rotatable bonds is 4. The van der Waals surface area contributed by atoms with E-state index in [0.717, 1.165) is 18.9 Å². The number of likely N-dealkylation sites (tertiary alicyclic amines) is 1. The van der Waals surface area contributed by atoms with Gasteiger partial charge in [0.25, 0.3) is 0 Å². The first-order valence-electron chi connectivity index (χ1n) is 7.33. The number of likely N-dealkylation sites (N-methyl/N-ethyl adjacent to an activating group) is 2. The second kappa shape index (κ2) is 6.17. The summed E-state index contributed by atoms with van der Waals surface area (Å²) < 4.78 is 0. The van der Waals surface area contributed by atoms with Gasteiger partial charge in [-0.15, -0.1) is 0 Å². The summed E-state index contributed by atoms with van der Waals surface area (Å²) >= 11 is 0. The minimum atomic E-state index is -0.0537. The second-order valence-electron chi connectivity index (χ2n) is 5.84. The molecule has 0 aromatic carbocycles. The van der Waals surface area contributed by atoms with Crippen LogP contribution in [0.25, 0.3) is 0 Å². The van der Waals surface area contributed by atoms with Crippen LogP contribution in [0, 0.1) is 0 Å². The van der Waals surface area contributed by atoms with Gasteiger partial charge >= 0.3 is 0 Å². The summed E-state index contributed by atoms with van der Waals surface area (Å²) in [5, 5.41) is 9.75. The van der Waals surface area contributed by atoms with Gasteiger partial charge in [0, 0.05) is 18.6 Å². The molecule has 0 spiro atoms. The zero-order chi connectivity index (χ0) is 12.3. The molecule has 3 atom stereocenters. The smallest absolute Gasteiger partial charge is 0.0555 e. The third-order valence-corrected chi connectivity index (χ3v) is 4.65. The van der Waals surface area contributed by atoms with Crippen molar-refractivity contribution in [2.75, 3.05) is 26.7 Å². The fourth-order valence-corrected chi connectivity index (χ4v) is 3.54. The molecule has 2 fully saturated rings. The van der Waals surface area contributed by atoms with Crippen LogP contribution >= 0.6 is 0 Å². The highest BCUT2D eigenvalue weighted by atomic mass is 16.3. The Morgan fingerprint density at radius 2 is 2.06 bits per heavy atom. The van der Waals surface area contributed by atoms with E-state index < -0.39 is 0 Å². The van der Waals surface area contributed by atoms with Gasteiger partial charge in [-0.25, -0.2) is 0 Å². The number of hydrogen-bond acceptors (Lipinski definition) is 3. The van der Waals surface area contributed by atoms with Gasteiger partial charge < -0.3 is 10.0 Å². The monoisotopic (exact) mass is 240 g/mol. The molecule has 0 amide bonds. The lowest BCUT2D eigenvalue weighted by Crippen LogP contribution is -2.45. The quantitative estimate of drug-likeness (QED) is 0.810. The Morgan fingerprint density at radius 3 is 2.76 bits per heavy atom. The highest BCUT2D eigenvalue weighted by Crippen LogP contribution is 2.24. The maximum atomic E-state index is 9.75. The van der Waals surface area contributed by atoms with Gasteiger partial charge in [0.15, 0.2) is 0 Å². The number of nitrogens with zero attached hydrogens (tertiary/aromatic N) is 2. The summed E-state index contributed by atoms with van der Waals surface area (Å²) in [7, 11) is 2.24. The topological polar surface area (TPSA) is 26.7 Å². The molecule has 3 unspecified atom stereocenters. The van der Waals surface area contributed by atoms with Gasteiger partial charge in [-0.05, 0) is 58.7 Å². The second-order valence-corrected chi connectivity index (χ2v) is 5.84. The van der Waals surface area contributed by atoms with Crippen LogP contribution in [0.15, 0.2) is 0 Å². The third kappa shape index (κ3) is 3.43. The van der Waals surface area contributed by atoms with Gasteiger partial charge in [0.1, 0.15) is 0 Å². The van der Waals surface area contributed by atoms with Crippen LogP contribution in [0.4, 0.5) is 0 Å². The van der Waals surface area contributed by atoms with Crippen LogP contribution < -0.4 is 0 Å².